The SMILES string of the molecule is CC1CCC(NC(=O)CSc2ccc([N+](=O)[O-])cc2)CC1. The molecule has 1 aromatic rings. The van der Waals surface area contributed by atoms with E-state index >= 15 is 0 Å². The van der Waals surface area contributed by atoms with E-state index in [0.29, 0.717) is 11.8 Å². The summed E-state index contributed by atoms with van der Waals surface area (Å²) in [5.41, 5.74) is 0.0696. The van der Waals surface area contributed by atoms with Gasteiger partial charge in [-0.2, -0.15) is 0 Å². The Kier molecular flexibility index (Phi) is 5.61. The molecule has 1 amide bonds. The normalized spacial score (nSPS) is 21.8. The lowest BCUT2D eigenvalue weighted by Crippen LogP contribution is -2.38. The van der Waals surface area contributed by atoms with Gasteiger partial charge < -0.3 is 5.32 Å². The highest BCUT2D eigenvalue weighted by Crippen LogP contribution is 2.24. The number of carbonyl (C=O) groups excluding carboxylic acids is 1. The maximum atomic E-state index is 11.9. The molecule has 0 bridgehead atoms. The standard InChI is InChI=1S/C15H20N2O3S/c1-11-2-4-12(5-3-11)16-15(18)10-21-14-8-6-13(7-9-14)17(19)20/h6-9,11-12H,2-5,10H2,1H3,(H,16,18). The minimum absolute atomic E-state index is 0.0397. The van der Waals surface area contributed by atoms with E-state index < -0.39 is 4.92 Å². The van der Waals surface area contributed by atoms with Crippen LogP contribution in [0.15, 0.2) is 29.2 Å². The van der Waals surface area contributed by atoms with Crippen LogP contribution in [0.1, 0.15) is 32.6 Å². The summed E-state index contributed by atoms with van der Waals surface area (Å²) in [7, 11) is 0. The van der Waals surface area contributed by atoms with Crippen molar-refractivity contribution >= 4 is 23.4 Å². The van der Waals surface area contributed by atoms with Crippen LogP contribution in [-0.4, -0.2) is 22.6 Å². The van der Waals surface area contributed by atoms with Crippen molar-refractivity contribution < 1.29 is 9.72 Å². The summed E-state index contributed by atoms with van der Waals surface area (Å²) in [5.74, 6) is 1.16. The second-order valence-electron chi connectivity index (χ2n) is 5.56. The maximum absolute atomic E-state index is 11.9. The van der Waals surface area contributed by atoms with E-state index in [-0.39, 0.29) is 11.6 Å². The van der Waals surface area contributed by atoms with Gasteiger partial charge in [0.1, 0.15) is 0 Å². The van der Waals surface area contributed by atoms with Crippen molar-refractivity contribution in [1.82, 2.24) is 5.32 Å². The summed E-state index contributed by atoms with van der Waals surface area (Å²) in [6, 6.07) is 6.59. The third-order valence-electron chi connectivity index (χ3n) is 3.80. The van der Waals surface area contributed by atoms with E-state index in [2.05, 4.69) is 12.2 Å². The maximum Gasteiger partial charge on any atom is 0.269 e. The average molecular weight is 308 g/mol. The van der Waals surface area contributed by atoms with Crippen molar-refractivity contribution in [3.63, 3.8) is 0 Å². The van der Waals surface area contributed by atoms with Gasteiger partial charge in [0.15, 0.2) is 0 Å². The summed E-state index contributed by atoms with van der Waals surface area (Å²) in [5, 5.41) is 13.6. The molecule has 1 saturated carbocycles. The molecule has 0 spiro atoms. The summed E-state index contributed by atoms with van der Waals surface area (Å²) in [6.45, 7) is 2.25. The van der Waals surface area contributed by atoms with Crippen LogP contribution in [0, 0.1) is 16.0 Å². The number of hydrogen-bond donors (Lipinski definition) is 1. The summed E-state index contributed by atoms with van der Waals surface area (Å²) >= 11 is 1.40. The smallest absolute Gasteiger partial charge is 0.269 e. The van der Waals surface area contributed by atoms with E-state index in [1.807, 2.05) is 0 Å². The molecule has 0 atom stereocenters. The number of carbonyl (C=O) groups is 1. The Morgan fingerprint density at radius 3 is 2.48 bits per heavy atom. The number of hydrogen-bond acceptors (Lipinski definition) is 4. The lowest BCUT2D eigenvalue weighted by atomic mass is 9.87. The number of nitro benzene ring substituents is 1. The first kappa shape index (κ1) is 15.8. The molecule has 0 aliphatic heterocycles. The number of rotatable bonds is 5. The van der Waals surface area contributed by atoms with E-state index in [1.54, 1.807) is 12.1 Å². The number of nitrogens with zero attached hydrogens (tertiary/aromatic N) is 1. The molecule has 0 aromatic heterocycles. The van der Waals surface area contributed by atoms with Crippen LogP contribution < -0.4 is 5.32 Å². The zero-order valence-corrected chi connectivity index (χ0v) is 12.9. The lowest BCUT2D eigenvalue weighted by molar-refractivity contribution is -0.384. The Morgan fingerprint density at radius 2 is 1.90 bits per heavy atom. The van der Waals surface area contributed by atoms with E-state index in [0.717, 1.165) is 23.7 Å². The molecule has 1 aliphatic rings. The highest BCUT2D eigenvalue weighted by Gasteiger charge is 2.19. The van der Waals surface area contributed by atoms with Crippen molar-refractivity contribution in [1.29, 1.82) is 0 Å². The molecule has 0 saturated heterocycles. The molecule has 0 unspecified atom stereocenters. The molecule has 1 N–H and O–H groups in total. The first-order valence-electron chi connectivity index (χ1n) is 7.21. The Balaban J connectivity index is 1.74. The fraction of sp³-hybridized carbons (Fsp3) is 0.533. The monoisotopic (exact) mass is 308 g/mol. The van der Waals surface area contributed by atoms with Gasteiger partial charge in [-0.05, 0) is 43.7 Å². The molecule has 1 fully saturated rings. The van der Waals surface area contributed by atoms with Gasteiger partial charge in [0, 0.05) is 23.1 Å². The fourth-order valence-electron chi connectivity index (χ4n) is 2.49. The van der Waals surface area contributed by atoms with Gasteiger partial charge in [0.05, 0.1) is 10.7 Å². The first-order chi connectivity index (χ1) is 10.0. The number of non-ortho nitro benzene ring substituents is 1. The third-order valence-corrected chi connectivity index (χ3v) is 4.81. The van der Waals surface area contributed by atoms with Crippen molar-refractivity contribution in [2.75, 3.05) is 5.75 Å². The number of nitro groups is 1. The first-order valence-corrected chi connectivity index (χ1v) is 8.20. The Labute approximate surface area is 128 Å². The van der Waals surface area contributed by atoms with Gasteiger partial charge in [-0.3, -0.25) is 14.9 Å². The number of thioether (sulfide) groups is 1. The van der Waals surface area contributed by atoms with Crippen LogP contribution in [0.2, 0.25) is 0 Å². The average Bonchev–Trinajstić information content (AvgIpc) is 2.48. The summed E-state index contributed by atoms with van der Waals surface area (Å²) in [6.07, 6.45) is 4.49. The number of benzene rings is 1. The van der Waals surface area contributed by atoms with Gasteiger partial charge in [0.2, 0.25) is 5.91 Å². The quantitative estimate of drug-likeness (QED) is 0.514. The molecule has 1 aliphatic carbocycles. The molecule has 21 heavy (non-hydrogen) atoms. The van der Waals surface area contributed by atoms with Gasteiger partial charge in [-0.1, -0.05) is 6.92 Å². The molecule has 5 nitrogen and oxygen atoms in total. The predicted octanol–water partition coefficient (Wildman–Crippen LogP) is 3.38. The zero-order chi connectivity index (χ0) is 15.2. The van der Waals surface area contributed by atoms with Crippen molar-refractivity contribution in [2.45, 2.75) is 43.5 Å². The van der Waals surface area contributed by atoms with Crippen LogP contribution in [0.25, 0.3) is 0 Å². The van der Waals surface area contributed by atoms with Crippen LogP contribution in [0.3, 0.4) is 0 Å². The molecule has 6 heteroatoms. The molecule has 1 aromatic carbocycles. The van der Waals surface area contributed by atoms with Crippen LogP contribution in [0.4, 0.5) is 5.69 Å². The van der Waals surface area contributed by atoms with Gasteiger partial charge in [-0.25, -0.2) is 0 Å². The minimum atomic E-state index is -0.425. The Morgan fingerprint density at radius 1 is 1.29 bits per heavy atom. The number of amides is 1. The predicted molar refractivity (Wildman–Crippen MR) is 83.4 cm³/mol. The Bertz CT molecular complexity index is 496. The van der Waals surface area contributed by atoms with Gasteiger partial charge in [-0.15, -0.1) is 11.8 Å². The molecule has 0 heterocycles. The highest BCUT2D eigenvalue weighted by molar-refractivity contribution is 8.00. The molecular weight excluding hydrogens is 288 g/mol. The number of nitrogens with one attached hydrogen (secondary N) is 1. The van der Waals surface area contributed by atoms with Crippen LogP contribution in [0.5, 0.6) is 0 Å². The van der Waals surface area contributed by atoms with Crippen molar-refractivity contribution in [3.8, 4) is 0 Å². The third kappa shape index (κ3) is 5.04. The Hall–Kier alpha value is -1.56. The topological polar surface area (TPSA) is 72.2 Å². The van der Waals surface area contributed by atoms with Crippen LogP contribution in [-0.2, 0) is 4.79 Å². The minimum Gasteiger partial charge on any atom is -0.353 e. The lowest BCUT2D eigenvalue weighted by Gasteiger charge is -2.26. The van der Waals surface area contributed by atoms with Crippen molar-refractivity contribution in [3.05, 3.63) is 34.4 Å². The van der Waals surface area contributed by atoms with E-state index in [1.165, 1.54) is 36.7 Å². The second kappa shape index (κ2) is 7.45. The van der Waals surface area contributed by atoms with E-state index in [9.17, 15) is 14.9 Å². The second-order valence-corrected chi connectivity index (χ2v) is 6.61. The largest absolute Gasteiger partial charge is 0.353 e. The molecule has 2 rings (SSSR count). The highest BCUT2D eigenvalue weighted by atomic mass is 32.2. The van der Waals surface area contributed by atoms with Gasteiger partial charge >= 0.3 is 0 Å². The zero-order valence-electron chi connectivity index (χ0n) is 12.1. The summed E-state index contributed by atoms with van der Waals surface area (Å²) < 4.78 is 0. The molecule has 0 radical (unpaired) electrons. The fourth-order valence-corrected chi connectivity index (χ4v) is 3.20. The van der Waals surface area contributed by atoms with Crippen molar-refractivity contribution in [2.24, 2.45) is 5.92 Å². The van der Waals surface area contributed by atoms with Crippen LogP contribution >= 0.6 is 11.8 Å². The van der Waals surface area contributed by atoms with E-state index in [4.69, 9.17) is 0 Å². The summed E-state index contributed by atoms with van der Waals surface area (Å²) in [4.78, 5) is 22.9. The molecule has 114 valence electrons. The molecular formula is C15H20N2O3S. The van der Waals surface area contributed by atoms with Gasteiger partial charge in [0.25, 0.3) is 5.69 Å².